The Morgan fingerprint density at radius 2 is 2.42 bits per heavy atom. The second-order valence-corrected chi connectivity index (χ2v) is 3.12. The standard InChI is InChI=1S/C8H11N3O/c1-5-10-7-6(8(12)11-5)3-2-4-9-7/h6H,2-4H2,1H3,(H,9,10,11,12). The zero-order valence-electron chi connectivity index (χ0n) is 7.00. The lowest BCUT2D eigenvalue weighted by molar-refractivity contribution is -0.122. The predicted molar refractivity (Wildman–Crippen MR) is 46.3 cm³/mol. The molecule has 4 nitrogen and oxygen atoms in total. The van der Waals surface area contributed by atoms with Gasteiger partial charge in [0, 0.05) is 6.54 Å². The van der Waals surface area contributed by atoms with Crippen LogP contribution in [-0.2, 0) is 4.79 Å². The molecular formula is C8H11N3O. The Bertz CT molecular complexity index is 280. The Balaban J connectivity index is 2.35. The number of rotatable bonds is 0. The summed E-state index contributed by atoms with van der Waals surface area (Å²) < 4.78 is 0. The number of nitrogens with zero attached hydrogens (tertiary/aromatic N) is 2. The fraction of sp³-hybridized carbons (Fsp3) is 0.625. The van der Waals surface area contributed by atoms with E-state index in [2.05, 4.69) is 15.3 Å². The molecule has 2 rings (SSSR count). The van der Waals surface area contributed by atoms with Crippen molar-refractivity contribution in [2.45, 2.75) is 19.8 Å². The van der Waals surface area contributed by atoms with Crippen LogP contribution < -0.4 is 5.32 Å². The Labute approximate surface area is 70.8 Å². The van der Waals surface area contributed by atoms with Gasteiger partial charge < -0.3 is 5.32 Å². The van der Waals surface area contributed by atoms with Crippen molar-refractivity contribution < 1.29 is 4.79 Å². The highest BCUT2D eigenvalue weighted by Crippen LogP contribution is 2.18. The number of aliphatic imine (C=N–C) groups is 2. The van der Waals surface area contributed by atoms with Gasteiger partial charge in [-0.3, -0.25) is 9.79 Å². The van der Waals surface area contributed by atoms with Gasteiger partial charge in [-0.2, -0.15) is 0 Å². The summed E-state index contributed by atoms with van der Waals surface area (Å²) in [7, 11) is 0. The maximum Gasteiger partial charge on any atom is 0.236 e. The summed E-state index contributed by atoms with van der Waals surface area (Å²) in [5.41, 5.74) is 0. The van der Waals surface area contributed by atoms with Gasteiger partial charge in [0.1, 0.15) is 11.7 Å². The molecule has 0 radical (unpaired) electrons. The Kier molecular flexibility index (Phi) is 1.67. The second kappa shape index (κ2) is 2.69. The minimum absolute atomic E-state index is 0.0564. The summed E-state index contributed by atoms with van der Waals surface area (Å²) in [6.45, 7) is 2.60. The van der Waals surface area contributed by atoms with E-state index in [0.29, 0.717) is 5.84 Å². The number of carbonyl (C=O) groups is 1. The first-order valence-electron chi connectivity index (χ1n) is 4.18. The van der Waals surface area contributed by atoms with Crippen molar-refractivity contribution >= 4 is 17.6 Å². The Morgan fingerprint density at radius 1 is 1.58 bits per heavy atom. The molecule has 1 N–H and O–H groups in total. The van der Waals surface area contributed by atoms with Crippen LogP contribution in [0.2, 0.25) is 0 Å². The van der Waals surface area contributed by atoms with Crippen molar-refractivity contribution in [2.24, 2.45) is 15.9 Å². The van der Waals surface area contributed by atoms with Gasteiger partial charge >= 0.3 is 0 Å². The summed E-state index contributed by atoms with van der Waals surface area (Å²) in [6, 6.07) is 0. The molecule has 64 valence electrons. The van der Waals surface area contributed by atoms with Crippen molar-refractivity contribution in [3.05, 3.63) is 0 Å². The van der Waals surface area contributed by atoms with Crippen LogP contribution in [0.1, 0.15) is 19.8 Å². The van der Waals surface area contributed by atoms with E-state index in [1.807, 2.05) is 0 Å². The monoisotopic (exact) mass is 165 g/mol. The van der Waals surface area contributed by atoms with Crippen LogP contribution in [0.4, 0.5) is 0 Å². The van der Waals surface area contributed by atoms with E-state index in [4.69, 9.17) is 0 Å². The first kappa shape index (κ1) is 7.46. The number of fused-ring (bicyclic) bond motifs is 1. The Morgan fingerprint density at radius 3 is 3.25 bits per heavy atom. The number of hydrogen-bond acceptors (Lipinski definition) is 3. The summed E-state index contributed by atoms with van der Waals surface area (Å²) in [6.07, 6.45) is 1.89. The topological polar surface area (TPSA) is 53.8 Å². The molecule has 0 aliphatic carbocycles. The maximum absolute atomic E-state index is 11.4. The van der Waals surface area contributed by atoms with Crippen LogP contribution in [0, 0.1) is 5.92 Å². The van der Waals surface area contributed by atoms with E-state index < -0.39 is 0 Å². The zero-order valence-corrected chi connectivity index (χ0v) is 7.00. The van der Waals surface area contributed by atoms with E-state index in [-0.39, 0.29) is 11.8 Å². The average Bonchev–Trinajstić information content (AvgIpc) is 2.04. The fourth-order valence-electron chi connectivity index (χ4n) is 1.56. The van der Waals surface area contributed by atoms with Crippen LogP contribution in [0.15, 0.2) is 9.98 Å². The van der Waals surface area contributed by atoms with Gasteiger partial charge in [0.05, 0.1) is 5.92 Å². The lowest BCUT2D eigenvalue weighted by atomic mass is 9.97. The van der Waals surface area contributed by atoms with Crippen LogP contribution in [-0.4, -0.2) is 24.1 Å². The maximum atomic E-state index is 11.4. The molecule has 1 unspecified atom stereocenters. The van der Waals surface area contributed by atoms with Crippen LogP contribution in [0.5, 0.6) is 0 Å². The summed E-state index contributed by atoms with van der Waals surface area (Å²) in [5, 5.41) is 2.71. The average molecular weight is 165 g/mol. The van der Waals surface area contributed by atoms with Gasteiger partial charge in [0.25, 0.3) is 0 Å². The highest BCUT2D eigenvalue weighted by molar-refractivity contribution is 6.17. The molecule has 1 amide bonds. The van der Waals surface area contributed by atoms with E-state index in [1.54, 1.807) is 6.92 Å². The van der Waals surface area contributed by atoms with Gasteiger partial charge in [-0.15, -0.1) is 0 Å². The Hall–Kier alpha value is -1.19. The fourth-order valence-corrected chi connectivity index (χ4v) is 1.56. The predicted octanol–water partition coefficient (Wildman–Crippen LogP) is 0.343. The molecular weight excluding hydrogens is 154 g/mol. The quantitative estimate of drug-likeness (QED) is 0.553. The first-order valence-corrected chi connectivity index (χ1v) is 4.18. The third-order valence-corrected chi connectivity index (χ3v) is 2.14. The third-order valence-electron chi connectivity index (χ3n) is 2.14. The highest BCUT2D eigenvalue weighted by atomic mass is 16.2. The third kappa shape index (κ3) is 1.13. The van der Waals surface area contributed by atoms with E-state index >= 15 is 0 Å². The molecule has 0 aromatic rings. The minimum Gasteiger partial charge on any atom is -0.314 e. The smallest absolute Gasteiger partial charge is 0.236 e. The highest BCUT2D eigenvalue weighted by Gasteiger charge is 2.29. The largest absolute Gasteiger partial charge is 0.314 e. The molecule has 0 bridgehead atoms. The number of hydrogen-bond donors (Lipinski definition) is 1. The molecule has 4 heteroatoms. The number of carbonyl (C=O) groups excluding carboxylic acids is 1. The van der Waals surface area contributed by atoms with E-state index in [0.717, 1.165) is 25.2 Å². The van der Waals surface area contributed by atoms with Crippen molar-refractivity contribution in [2.75, 3.05) is 6.54 Å². The lowest BCUT2D eigenvalue weighted by Gasteiger charge is -2.23. The molecule has 2 aliphatic heterocycles. The molecule has 1 atom stereocenters. The molecule has 0 spiro atoms. The van der Waals surface area contributed by atoms with Crippen molar-refractivity contribution in [3.63, 3.8) is 0 Å². The van der Waals surface area contributed by atoms with Crippen LogP contribution in [0.3, 0.4) is 0 Å². The van der Waals surface area contributed by atoms with Gasteiger partial charge in [0.15, 0.2) is 0 Å². The van der Waals surface area contributed by atoms with Crippen molar-refractivity contribution in [3.8, 4) is 0 Å². The molecule has 2 heterocycles. The zero-order chi connectivity index (χ0) is 8.55. The second-order valence-electron chi connectivity index (χ2n) is 3.12. The summed E-state index contributed by atoms with van der Waals surface area (Å²) in [5.74, 6) is 1.36. The van der Waals surface area contributed by atoms with Crippen LogP contribution in [0.25, 0.3) is 0 Å². The molecule has 0 saturated heterocycles. The number of nitrogens with one attached hydrogen (secondary N) is 1. The van der Waals surface area contributed by atoms with Crippen molar-refractivity contribution in [1.29, 1.82) is 0 Å². The van der Waals surface area contributed by atoms with E-state index in [1.165, 1.54) is 0 Å². The molecule has 0 aromatic carbocycles. The van der Waals surface area contributed by atoms with Gasteiger partial charge in [-0.05, 0) is 19.8 Å². The van der Waals surface area contributed by atoms with Crippen LogP contribution >= 0.6 is 0 Å². The SMILES string of the molecule is CC1=NC2=NCCCC2C(=O)N1. The lowest BCUT2D eigenvalue weighted by Crippen LogP contribution is -2.43. The summed E-state index contributed by atoms with van der Waals surface area (Å²) in [4.78, 5) is 19.8. The number of amides is 1. The summed E-state index contributed by atoms with van der Waals surface area (Å²) >= 11 is 0. The normalized spacial score (nSPS) is 28.4. The molecule has 0 fully saturated rings. The first-order chi connectivity index (χ1) is 5.77. The molecule has 2 aliphatic rings. The van der Waals surface area contributed by atoms with Gasteiger partial charge in [0.2, 0.25) is 5.91 Å². The molecule has 0 saturated carbocycles. The van der Waals surface area contributed by atoms with Gasteiger partial charge in [-0.1, -0.05) is 0 Å². The minimum atomic E-state index is -0.0811. The number of amidine groups is 2. The van der Waals surface area contributed by atoms with Crippen molar-refractivity contribution in [1.82, 2.24) is 5.32 Å². The van der Waals surface area contributed by atoms with E-state index in [9.17, 15) is 4.79 Å². The molecule has 12 heavy (non-hydrogen) atoms. The van der Waals surface area contributed by atoms with Gasteiger partial charge in [-0.25, -0.2) is 4.99 Å². The molecule has 0 aromatic heterocycles.